The van der Waals surface area contributed by atoms with Gasteiger partial charge in [0.15, 0.2) is 0 Å². The molecule has 1 aliphatic carbocycles. The Hall–Kier alpha value is -2.98. The van der Waals surface area contributed by atoms with Crippen molar-refractivity contribution < 1.29 is 29.0 Å². The number of hydrogen-bond acceptors (Lipinski definition) is 5. The first kappa shape index (κ1) is 20.3. The maximum atomic E-state index is 13.2. The fourth-order valence-corrected chi connectivity index (χ4v) is 2.56. The SMILES string of the molecule is NC(=O)CCNC(=O)C1=C[C@H](NC(=O)Nc2cccc(F)c2)[C@@H](O)[C@H](O)C1. The number of rotatable bonds is 6. The molecule has 2 rings (SSSR count). The average Bonchev–Trinajstić information content (AvgIpc) is 2.58. The number of nitrogens with one attached hydrogen (secondary N) is 3. The van der Waals surface area contributed by atoms with Crippen molar-refractivity contribution in [2.24, 2.45) is 5.73 Å². The highest BCUT2D eigenvalue weighted by Gasteiger charge is 2.33. The molecule has 1 aromatic carbocycles. The number of nitrogens with two attached hydrogens (primary N) is 1. The Balaban J connectivity index is 2.01. The third kappa shape index (κ3) is 6.04. The van der Waals surface area contributed by atoms with E-state index in [0.717, 1.165) is 6.07 Å². The zero-order valence-electron chi connectivity index (χ0n) is 14.3. The van der Waals surface area contributed by atoms with Gasteiger partial charge in [-0.15, -0.1) is 0 Å². The Morgan fingerprint density at radius 3 is 2.67 bits per heavy atom. The lowest BCUT2D eigenvalue weighted by Crippen LogP contribution is -2.52. The molecule has 0 bridgehead atoms. The summed E-state index contributed by atoms with van der Waals surface area (Å²) in [6.45, 7) is 0.0301. The Bertz CT molecular complexity index is 755. The molecule has 1 aromatic rings. The molecule has 0 saturated heterocycles. The number of benzene rings is 1. The summed E-state index contributed by atoms with van der Waals surface area (Å²) in [5, 5.41) is 27.3. The molecule has 0 spiro atoms. The van der Waals surface area contributed by atoms with Crippen LogP contribution in [0.2, 0.25) is 0 Å². The summed E-state index contributed by atoms with van der Waals surface area (Å²) >= 11 is 0. The minimum Gasteiger partial charge on any atom is -0.390 e. The van der Waals surface area contributed by atoms with Crippen LogP contribution >= 0.6 is 0 Å². The third-order valence-electron chi connectivity index (χ3n) is 3.90. The lowest BCUT2D eigenvalue weighted by molar-refractivity contribution is -0.119. The summed E-state index contributed by atoms with van der Waals surface area (Å²) in [6, 6.07) is 3.43. The standard InChI is InChI=1S/C17H21FN4O5/c18-10-2-1-3-11(8-10)21-17(27)22-12-6-9(7-13(23)15(12)25)16(26)20-5-4-14(19)24/h1-3,6,8,12-13,15,23,25H,4-5,7H2,(H2,19,24)(H,20,26)(H2,21,22,27)/t12-,13+,15+/m0/s1. The van der Waals surface area contributed by atoms with Gasteiger partial charge in [-0.1, -0.05) is 12.1 Å². The third-order valence-corrected chi connectivity index (χ3v) is 3.90. The average molecular weight is 380 g/mol. The number of carbonyl (C=O) groups is 3. The van der Waals surface area contributed by atoms with E-state index in [1.165, 1.54) is 24.3 Å². The van der Waals surface area contributed by atoms with Crippen LogP contribution in [0.15, 0.2) is 35.9 Å². The fraction of sp³-hybridized carbons (Fsp3) is 0.353. The van der Waals surface area contributed by atoms with Crippen LogP contribution in [0.4, 0.5) is 14.9 Å². The fourth-order valence-electron chi connectivity index (χ4n) is 2.56. The lowest BCUT2D eigenvalue weighted by Gasteiger charge is -2.31. The minimum absolute atomic E-state index is 0.0301. The summed E-state index contributed by atoms with van der Waals surface area (Å²) in [6.07, 6.45) is -1.44. The predicted octanol–water partition coefficient (Wildman–Crippen LogP) is -0.641. The van der Waals surface area contributed by atoms with Gasteiger partial charge >= 0.3 is 6.03 Å². The largest absolute Gasteiger partial charge is 0.390 e. The van der Waals surface area contributed by atoms with E-state index in [9.17, 15) is 29.0 Å². The highest BCUT2D eigenvalue weighted by Crippen LogP contribution is 2.20. The molecule has 146 valence electrons. The van der Waals surface area contributed by atoms with Crippen molar-refractivity contribution in [2.45, 2.75) is 31.1 Å². The minimum atomic E-state index is -1.33. The zero-order valence-corrected chi connectivity index (χ0v) is 14.3. The molecule has 0 radical (unpaired) electrons. The van der Waals surface area contributed by atoms with Crippen LogP contribution < -0.4 is 21.7 Å². The van der Waals surface area contributed by atoms with Gasteiger partial charge in [-0.3, -0.25) is 9.59 Å². The summed E-state index contributed by atoms with van der Waals surface area (Å²) in [7, 11) is 0. The summed E-state index contributed by atoms with van der Waals surface area (Å²) < 4.78 is 13.2. The van der Waals surface area contributed by atoms with Crippen LogP contribution in [0.25, 0.3) is 0 Å². The van der Waals surface area contributed by atoms with Crippen LogP contribution in [0.3, 0.4) is 0 Å². The lowest BCUT2D eigenvalue weighted by atomic mass is 9.90. The Morgan fingerprint density at radius 2 is 2.00 bits per heavy atom. The number of aliphatic hydroxyl groups is 2. The molecular formula is C17H21FN4O5. The first-order chi connectivity index (χ1) is 12.8. The second-order valence-corrected chi connectivity index (χ2v) is 6.06. The van der Waals surface area contributed by atoms with Crippen LogP contribution in [-0.4, -0.2) is 52.9 Å². The Morgan fingerprint density at radius 1 is 1.26 bits per heavy atom. The number of primary amides is 1. The summed E-state index contributed by atoms with van der Waals surface area (Å²) in [5.41, 5.74) is 5.34. The smallest absolute Gasteiger partial charge is 0.319 e. The Kier molecular flexibility index (Phi) is 6.85. The van der Waals surface area contributed by atoms with E-state index in [-0.39, 0.29) is 30.6 Å². The van der Waals surface area contributed by atoms with Crippen LogP contribution in [0.1, 0.15) is 12.8 Å². The molecular weight excluding hydrogens is 359 g/mol. The second-order valence-electron chi connectivity index (χ2n) is 6.06. The zero-order chi connectivity index (χ0) is 20.0. The van der Waals surface area contributed by atoms with E-state index in [2.05, 4.69) is 16.0 Å². The maximum absolute atomic E-state index is 13.2. The molecule has 0 unspecified atom stereocenters. The van der Waals surface area contributed by atoms with Crippen molar-refractivity contribution >= 4 is 23.5 Å². The molecule has 0 heterocycles. The van der Waals surface area contributed by atoms with E-state index in [4.69, 9.17) is 5.73 Å². The van der Waals surface area contributed by atoms with Crippen LogP contribution in [0.5, 0.6) is 0 Å². The van der Waals surface area contributed by atoms with Gasteiger partial charge in [0.25, 0.3) is 0 Å². The van der Waals surface area contributed by atoms with Gasteiger partial charge in [0, 0.05) is 30.6 Å². The first-order valence-corrected chi connectivity index (χ1v) is 8.22. The molecule has 10 heteroatoms. The van der Waals surface area contributed by atoms with E-state index in [1.54, 1.807) is 0 Å². The van der Waals surface area contributed by atoms with Crippen molar-refractivity contribution in [1.29, 1.82) is 0 Å². The Labute approximate surface area is 154 Å². The summed E-state index contributed by atoms with van der Waals surface area (Å²) in [4.78, 5) is 34.8. The number of halogens is 1. The van der Waals surface area contributed by atoms with Gasteiger partial charge in [-0.25, -0.2) is 9.18 Å². The number of hydrogen-bond donors (Lipinski definition) is 6. The van der Waals surface area contributed by atoms with Crippen molar-refractivity contribution in [1.82, 2.24) is 10.6 Å². The van der Waals surface area contributed by atoms with E-state index >= 15 is 0 Å². The second kappa shape index (κ2) is 9.10. The van der Waals surface area contributed by atoms with Gasteiger partial charge in [0.05, 0.1) is 12.1 Å². The molecule has 0 saturated carbocycles. The number of carbonyl (C=O) groups excluding carboxylic acids is 3. The maximum Gasteiger partial charge on any atom is 0.319 e. The molecule has 9 nitrogen and oxygen atoms in total. The van der Waals surface area contributed by atoms with E-state index < -0.39 is 41.9 Å². The quantitative estimate of drug-likeness (QED) is 0.387. The van der Waals surface area contributed by atoms with Gasteiger partial charge in [0.1, 0.15) is 11.9 Å². The van der Waals surface area contributed by atoms with Crippen molar-refractivity contribution in [3.05, 3.63) is 41.7 Å². The molecule has 0 aromatic heterocycles. The van der Waals surface area contributed by atoms with Crippen molar-refractivity contribution in [3.63, 3.8) is 0 Å². The van der Waals surface area contributed by atoms with Crippen molar-refractivity contribution in [2.75, 3.05) is 11.9 Å². The number of aliphatic hydroxyl groups excluding tert-OH is 2. The predicted molar refractivity (Wildman–Crippen MR) is 93.9 cm³/mol. The van der Waals surface area contributed by atoms with Crippen LogP contribution in [-0.2, 0) is 9.59 Å². The number of urea groups is 1. The molecule has 27 heavy (non-hydrogen) atoms. The summed E-state index contributed by atoms with van der Waals surface area (Å²) in [5.74, 6) is -1.65. The number of anilines is 1. The molecule has 4 amide bonds. The molecule has 7 N–H and O–H groups in total. The van der Waals surface area contributed by atoms with Crippen molar-refractivity contribution in [3.8, 4) is 0 Å². The number of amides is 4. The molecule has 3 atom stereocenters. The highest BCUT2D eigenvalue weighted by atomic mass is 19.1. The van der Waals surface area contributed by atoms with Crippen LogP contribution in [0, 0.1) is 5.82 Å². The highest BCUT2D eigenvalue weighted by molar-refractivity contribution is 5.94. The van der Waals surface area contributed by atoms with E-state index in [0.29, 0.717) is 0 Å². The molecule has 1 aliphatic rings. The molecule has 0 fully saturated rings. The normalized spacial score (nSPS) is 21.7. The van der Waals surface area contributed by atoms with Gasteiger partial charge in [-0.2, -0.15) is 0 Å². The van der Waals surface area contributed by atoms with Gasteiger partial charge in [0.2, 0.25) is 11.8 Å². The first-order valence-electron chi connectivity index (χ1n) is 8.22. The monoisotopic (exact) mass is 380 g/mol. The van der Waals surface area contributed by atoms with E-state index in [1.807, 2.05) is 0 Å². The van der Waals surface area contributed by atoms with Gasteiger partial charge in [-0.05, 0) is 18.2 Å². The molecule has 0 aliphatic heterocycles. The van der Waals surface area contributed by atoms with Gasteiger partial charge < -0.3 is 31.9 Å². The topological polar surface area (TPSA) is 154 Å².